The van der Waals surface area contributed by atoms with Crippen LogP contribution in [0.3, 0.4) is 0 Å². The maximum absolute atomic E-state index is 12.9. The lowest BCUT2D eigenvalue weighted by Crippen LogP contribution is -2.68. The van der Waals surface area contributed by atoms with Crippen LogP contribution in [0.2, 0.25) is 0 Å². The molecule has 0 amide bonds. The van der Waals surface area contributed by atoms with Crippen LogP contribution in [0.5, 0.6) is 0 Å². The molecule has 5 rings (SSSR count). The fourth-order valence-corrected chi connectivity index (χ4v) is 3.80. The summed E-state index contributed by atoms with van der Waals surface area (Å²) in [7, 11) is -4.94. The Kier molecular flexibility index (Phi) is 6.87. The predicted octanol–water partition coefficient (Wildman–Crippen LogP) is -0.929. The monoisotopic (exact) mass is 491 g/mol. The lowest BCUT2D eigenvalue weighted by molar-refractivity contribution is -2.00. The van der Waals surface area contributed by atoms with E-state index >= 15 is 0 Å². The van der Waals surface area contributed by atoms with E-state index in [1.807, 2.05) is 102 Å². The minimum absolute atomic E-state index is 0.420. The van der Waals surface area contributed by atoms with Gasteiger partial charge in [-0.1, -0.05) is 78.9 Å². The van der Waals surface area contributed by atoms with Gasteiger partial charge in [-0.2, -0.15) is 9.55 Å². The topological polar surface area (TPSA) is 162 Å². The molecule has 2 heterocycles. The van der Waals surface area contributed by atoms with E-state index in [9.17, 15) is 9.59 Å². The highest BCUT2D eigenvalue weighted by molar-refractivity contribution is 5.92. The molecule has 3 aromatic carbocycles. The first-order valence-electron chi connectivity index (χ1n) is 10.3. The van der Waals surface area contributed by atoms with E-state index in [1.54, 1.807) is 0 Å². The number of fused-ring (bicyclic) bond motifs is 1. The first kappa shape index (κ1) is 24.0. The summed E-state index contributed by atoms with van der Waals surface area (Å²) in [4.78, 5) is 30.4. The summed E-state index contributed by atoms with van der Waals surface area (Å²) in [5.74, 6) is 0. The van der Waals surface area contributed by atoms with Crippen LogP contribution in [-0.4, -0.2) is 9.97 Å². The van der Waals surface area contributed by atoms with Crippen molar-refractivity contribution >= 4 is 11.0 Å². The molecule has 5 aromatic rings. The molecule has 2 aromatic heterocycles. The molecule has 0 radical (unpaired) electrons. The van der Waals surface area contributed by atoms with Crippen LogP contribution in [0, 0.1) is 10.2 Å². The summed E-state index contributed by atoms with van der Waals surface area (Å²) >= 11 is 0. The Bertz CT molecular complexity index is 1560. The van der Waals surface area contributed by atoms with Crippen LogP contribution >= 0.6 is 0 Å². The Balaban J connectivity index is 0.000000527. The van der Waals surface area contributed by atoms with Crippen LogP contribution in [0.25, 0.3) is 39.1 Å². The molecule has 0 fully saturated rings. The Morgan fingerprint density at radius 3 is 1.69 bits per heavy atom. The Hall–Kier alpha value is -4.12. The summed E-state index contributed by atoms with van der Waals surface area (Å²) in [6, 6.07) is 31.3. The van der Waals surface area contributed by atoms with E-state index in [-0.39, 0.29) is 0 Å². The van der Waals surface area contributed by atoms with Crippen molar-refractivity contribution in [3.05, 3.63) is 118 Å². The van der Waals surface area contributed by atoms with Gasteiger partial charge in [0.05, 0.1) is 0 Å². The van der Waals surface area contributed by atoms with E-state index in [0.29, 0.717) is 11.0 Å². The fraction of sp³-hybridized carbons (Fsp3) is 0. The average molecular weight is 492 g/mol. The molecule has 0 atom stereocenters. The number of para-hydroxylation sites is 1. The molecule has 176 valence electrons. The molecule has 35 heavy (non-hydrogen) atoms. The SMILES string of the molecule is O=c1[nH]c(=O)c2c(-c3ccccc3)cc(-c3ccccc3)[n+](-c3ccccc3)c2[nH]1.[O-][Cl+3]([O-])([O-])[O-]. The summed E-state index contributed by atoms with van der Waals surface area (Å²) in [5.41, 5.74) is 3.85. The second-order valence-electron chi connectivity index (χ2n) is 7.36. The quantitative estimate of drug-likeness (QED) is 0.310. The van der Waals surface area contributed by atoms with Gasteiger partial charge in [0.25, 0.3) is 5.56 Å². The summed E-state index contributed by atoms with van der Waals surface area (Å²) < 4.78 is 35.9. The number of hydrogen-bond donors (Lipinski definition) is 2. The van der Waals surface area contributed by atoms with Gasteiger partial charge in [0, 0.05) is 11.1 Å². The molecule has 0 bridgehead atoms. The van der Waals surface area contributed by atoms with E-state index in [4.69, 9.17) is 18.6 Å². The number of pyridine rings is 1. The van der Waals surface area contributed by atoms with E-state index in [0.717, 1.165) is 28.1 Å². The second-order valence-corrected chi connectivity index (χ2v) is 8.11. The second kappa shape index (κ2) is 10.0. The summed E-state index contributed by atoms with van der Waals surface area (Å²) in [5, 5.41) is 0.435. The van der Waals surface area contributed by atoms with Gasteiger partial charge in [-0.15, -0.1) is 10.2 Å². The van der Waals surface area contributed by atoms with Gasteiger partial charge in [0.15, 0.2) is 0 Å². The number of halogens is 1. The number of hydrogen-bond acceptors (Lipinski definition) is 6. The van der Waals surface area contributed by atoms with Gasteiger partial charge in [-0.05, 0) is 23.8 Å². The van der Waals surface area contributed by atoms with Crippen LogP contribution < -0.4 is 34.5 Å². The van der Waals surface area contributed by atoms with Gasteiger partial charge in [0.1, 0.15) is 16.8 Å². The standard InChI is InChI=1S/C25H17N3O2.ClHO4/c29-24-22-20(17-10-4-1-5-11-17)16-21(18-12-6-2-7-13-18)28(19-14-8-3-9-15-19)23(22)26-25(30)27-24;2-1(3,4)5/h1-16H,(H,27,29,30);(H,2,3,4,5). The largest absolute Gasteiger partial charge is 0.413 e. The normalized spacial score (nSPS) is 11.1. The van der Waals surface area contributed by atoms with Gasteiger partial charge >= 0.3 is 11.3 Å². The molecule has 9 nitrogen and oxygen atoms in total. The highest BCUT2D eigenvalue weighted by Crippen LogP contribution is 2.29. The predicted molar refractivity (Wildman–Crippen MR) is 118 cm³/mol. The van der Waals surface area contributed by atoms with Crippen molar-refractivity contribution in [2.24, 2.45) is 0 Å². The number of nitrogens with one attached hydrogen (secondary N) is 2. The molecule has 0 aliphatic heterocycles. The Labute approximate surface area is 200 Å². The van der Waals surface area contributed by atoms with Gasteiger partial charge in [-0.3, -0.25) is 9.78 Å². The number of rotatable bonds is 3. The smallest absolute Gasteiger partial charge is 0.268 e. The molecular formula is C25H18ClN3O6. The van der Waals surface area contributed by atoms with Crippen LogP contribution in [0.15, 0.2) is 107 Å². The molecule has 0 saturated carbocycles. The zero-order valence-electron chi connectivity index (χ0n) is 18.0. The molecule has 2 N–H and O–H groups in total. The number of H-pyrrole nitrogens is 2. The lowest BCUT2D eigenvalue weighted by Gasteiger charge is -2.17. The third-order valence-corrected chi connectivity index (χ3v) is 5.11. The van der Waals surface area contributed by atoms with E-state index in [2.05, 4.69) is 9.97 Å². The van der Waals surface area contributed by atoms with Crippen LogP contribution in [-0.2, 0) is 0 Å². The third-order valence-electron chi connectivity index (χ3n) is 5.11. The Morgan fingerprint density at radius 2 is 1.14 bits per heavy atom. The molecule has 0 unspecified atom stereocenters. The number of aromatic nitrogens is 3. The first-order chi connectivity index (χ1) is 16.7. The minimum atomic E-state index is -4.94. The van der Waals surface area contributed by atoms with E-state index in [1.165, 1.54) is 0 Å². The molecule has 0 saturated heterocycles. The fourth-order valence-electron chi connectivity index (χ4n) is 3.80. The molecule has 0 spiro atoms. The van der Waals surface area contributed by atoms with Crippen molar-refractivity contribution in [1.29, 1.82) is 0 Å². The number of benzene rings is 3. The zero-order chi connectivity index (χ0) is 25.0. The van der Waals surface area contributed by atoms with Crippen molar-refractivity contribution < 1.29 is 33.4 Å². The molecule has 0 aliphatic rings. The number of aromatic amines is 2. The van der Waals surface area contributed by atoms with E-state index < -0.39 is 21.5 Å². The summed E-state index contributed by atoms with van der Waals surface area (Å²) in [6.45, 7) is 0. The first-order valence-corrected chi connectivity index (χ1v) is 11.5. The molecule has 10 heteroatoms. The van der Waals surface area contributed by atoms with Crippen molar-refractivity contribution in [2.45, 2.75) is 0 Å². The van der Waals surface area contributed by atoms with Gasteiger partial charge in [-0.25, -0.2) is 23.4 Å². The lowest BCUT2D eigenvalue weighted by atomic mass is 9.99. The Morgan fingerprint density at radius 1 is 0.657 bits per heavy atom. The van der Waals surface area contributed by atoms with Crippen LogP contribution in [0.4, 0.5) is 0 Å². The highest BCUT2D eigenvalue weighted by Gasteiger charge is 2.24. The van der Waals surface area contributed by atoms with Crippen molar-refractivity contribution in [1.82, 2.24) is 9.97 Å². The highest BCUT2D eigenvalue weighted by atomic mass is 35.7. The minimum Gasteiger partial charge on any atom is -0.268 e. The van der Waals surface area contributed by atoms with Crippen molar-refractivity contribution in [2.75, 3.05) is 0 Å². The zero-order valence-corrected chi connectivity index (χ0v) is 18.8. The average Bonchev–Trinajstić information content (AvgIpc) is 2.83. The maximum atomic E-state index is 12.9. The van der Waals surface area contributed by atoms with Gasteiger partial charge < -0.3 is 0 Å². The molecular weight excluding hydrogens is 474 g/mol. The van der Waals surface area contributed by atoms with Gasteiger partial charge in [0.2, 0.25) is 0 Å². The maximum Gasteiger partial charge on any atom is 0.413 e. The molecule has 0 aliphatic carbocycles. The number of nitrogens with zero attached hydrogens (tertiary/aromatic N) is 1. The van der Waals surface area contributed by atoms with Crippen molar-refractivity contribution in [3.63, 3.8) is 0 Å². The summed E-state index contributed by atoms with van der Waals surface area (Å²) in [6.07, 6.45) is 0. The van der Waals surface area contributed by atoms with Crippen LogP contribution in [0.1, 0.15) is 0 Å². The van der Waals surface area contributed by atoms with Crippen molar-refractivity contribution in [3.8, 4) is 28.1 Å². The third kappa shape index (κ3) is 5.69.